The summed E-state index contributed by atoms with van der Waals surface area (Å²) in [6, 6.07) is 20.8. The van der Waals surface area contributed by atoms with E-state index in [1.165, 1.54) is 33.4 Å². The summed E-state index contributed by atoms with van der Waals surface area (Å²) >= 11 is 0. The van der Waals surface area contributed by atoms with Crippen LogP contribution in [0.5, 0.6) is 11.5 Å². The minimum atomic E-state index is -3.84. The molecule has 174 valence electrons. The molecule has 7 nitrogen and oxygen atoms in total. The number of sulfonamides is 1. The average Bonchev–Trinajstić information content (AvgIpc) is 2.86. The molecule has 0 saturated carbocycles. The van der Waals surface area contributed by atoms with Crippen molar-refractivity contribution >= 4 is 21.6 Å². The Bertz CT molecular complexity index is 1200. The van der Waals surface area contributed by atoms with E-state index in [2.05, 4.69) is 5.32 Å². The molecule has 1 atom stereocenters. The van der Waals surface area contributed by atoms with Crippen LogP contribution in [-0.4, -0.2) is 42.1 Å². The van der Waals surface area contributed by atoms with Crippen molar-refractivity contribution in [1.29, 1.82) is 0 Å². The standard InChI is InChI=1S/C25H28N2O5S/c1-18(19-8-6-5-7-9-19)17-26-25(28)20-10-12-21(13-11-20)27(2)33(29,30)22-14-15-23(31-3)24(16-22)32-4/h5-16,18H,17H2,1-4H3,(H,26,28)/t18-/m1/s1. The molecule has 0 aliphatic carbocycles. The molecule has 0 aromatic heterocycles. The molecule has 0 radical (unpaired) electrons. The lowest BCUT2D eigenvalue weighted by molar-refractivity contribution is 0.0951. The van der Waals surface area contributed by atoms with Crippen LogP contribution in [0.15, 0.2) is 77.7 Å². The SMILES string of the molecule is COc1ccc(S(=O)(=O)N(C)c2ccc(C(=O)NC[C@@H](C)c3ccccc3)cc2)cc1OC. The normalized spacial score (nSPS) is 12.0. The Kier molecular flexibility index (Phi) is 7.60. The second-order valence-electron chi connectivity index (χ2n) is 7.56. The third kappa shape index (κ3) is 5.46. The van der Waals surface area contributed by atoms with Crippen LogP contribution in [0.1, 0.15) is 28.8 Å². The topological polar surface area (TPSA) is 84.9 Å². The molecular formula is C25H28N2O5S. The molecule has 0 fully saturated rings. The van der Waals surface area contributed by atoms with Gasteiger partial charge in [0.05, 0.1) is 24.8 Å². The van der Waals surface area contributed by atoms with Gasteiger partial charge in [0.2, 0.25) is 0 Å². The van der Waals surface area contributed by atoms with Crippen LogP contribution >= 0.6 is 0 Å². The second-order valence-corrected chi connectivity index (χ2v) is 9.53. The van der Waals surface area contributed by atoms with Crippen molar-refractivity contribution in [2.75, 3.05) is 32.1 Å². The first-order valence-corrected chi connectivity index (χ1v) is 11.9. The number of carbonyl (C=O) groups excluding carboxylic acids is 1. The molecular weight excluding hydrogens is 440 g/mol. The molecule has 0 heterocycles. The number of carbonyl (C=O) groups is 1. The molecule has 3 aromatic rings. The second kappa shape index (κ2) is 10.4. The van der Waals surface area contributed by atoms with E-state index in [0.29, 0.717) is 29.3 Å². The zero-order valence-electron chi connectivity index (χ0n) is 19.1. The molecule has 0 saturated heterocycles. The number of benzene rings is 3. The lowest BCUT2D eigenvalue weighted by atomic mass is 10.0. The van der Waals surface area contributed by atoms with Gasteiger partial charge in [-0.15, -0.1) is 0 Å². The van der Waals surface area contributed by atoms with Crippen molar-refractivity contribution < 1.29 is 22.7 Å². The average molecular weight is 469 g/mol. The predicted molar refractivity (Wildman–Crippen MR) is 129 cm³/mol. The largest absolute Gasteiger partial charge is 0.493 e. The minimum absolute atomic E-state index is 0.0689. The van der Waals surface area contributed by atoms with Gasteiger partial charge in [-0.25, -0.2) is 8.42 Å². The van der Waals surface area contributed by atoms with Crippen LogP contribution in [-0.2, 0) is 10.0 Å². The summed E-state index contributed by atoms with van der Waals surface area (Å²) in [4.78, 5) is 12.6. The Morgan fingerprint density at radius 2 is 1.58 bits per heavy atom. The molecule has 0 aliphatic heterocycles. The van der Waals surface area contributed by atoms with Gasteiger partial charge >= 0.3 is 0 Å². The Hall–Kier alpha value is -3.52. The number of amides is 1. The van der Waals surface area contributed by atoms with E-state index in [0.717, 1.165) is 9.87 Å². The fraction of sp³-hybridized carbons (Fsp3) is 0.240. The van der Waals surface area contributed by atoms with Crippen molar-refractivity contribution in [2.24, 2.45) is 0 Å². The number of hydrogen-bond donors (Lipinski definition) is 1. The van der Waals surface area contributed by atoms with Crippen LogP contribution in [0.25, 0.3) is 0 Å². The molecule has 0 aliphatic rings. The summed E-state index contributed by atoms with van der Waals surface area (Å²) in [5.74, 6) is 0.724. The van der Waals surface area contributed by atoms with Gasteiger partial charge in [-0.1, -0.05) is 37.3 Å². The lowest BCUT2D eigenvalue weighted by Crippen LogP contribution is -2.28. The zero-order chi connectivity index (χ0) is 24.0. The summed E-state index contributed by atoms with van der Waals surface area (Å²) in [5, 5.41) is 2.93. The number of nitrogens with one attached hydrogen (secondary N) is 1. The van der Waals surface area contributed by atoms with Gasteiger partial charge in [-0.3, -0.25) is 9.10 Å². The van der Waals surface area contributed by atoms with Crippen LogP contribution in [0, 0.1) is 0 Å². The van der Waals surface area contributed by atoms with Crippen LogP contribution < -0.4 is 19.1 Å². The predicted octanol–water partition coefficient (Wildman–Crippen LogP) is 4.06. The summed E-state index contributed by atoms with van der Waals surface area (Å²) < 4.78 is 37.7. The maximum atomic E-state index is 13.1. The lowest BCUT2D eigenvalue weighted by Gasteiger charge is -2.20. The highest BCUT2D eigenvalue weighted by Crippen LogP contribution is 2.31. The highest BCUT2D eigenvalue weighted by atomic mass is 32.2. The molecule has 1 amide bonds. The fourth-order valence-electron chi connectivity index (χ4n) is 3.34. The van der Waals surface area contributed by atoms with E-state index in [-0.39, 0.29) is 16.7 Å². The Balaban J connectivity index is 1.70. The van der Waals surface area contributed by atoms with Gasteiger partial charge < -0.3 is 14.8 Å². The quantitative estimate of drug-likeness (QED) is 0.512. The Labute approximate surface area is 195 Å². The van der Waals surface area contributed by atoms with Crippen molar-refractivity contribution in [3.05, 3.63) is 83.9 Å². The molecule has 0 spiro atoms. The van der Waals surface area contributed by atoms with E-state index in [1.807, 2.05) is 37.3 Å². The van der Waals surface area contributed by atoms with Crippen LogP contribution in [0.2, 0.25) is 0 Å². The summed E-state index contributed by atoms with van der Waals surface area (Å²) in [5.41, 5.74) is 2.03. The van der Waals surface area contributed by atoms with Gasteiger partial charge in [0.25, 0.3) is 15.9 Å². The van der Waals surface area contributed by atoms with Gasteiger partial charge in [-0.05, 0) is 47.9 Å². The smallest absolute Gasteiger partial charge is 0.264 e. The number of ether oxygens (including phenoxy) is 2. The van der Waals surface area contributed by atoms with E-state index in [9.17, 15) is 13.2 Å². The molecule has 3 rings (SSSR count). The molecule has 1 N–H and O–H groups in total. The monoisotopic (exact) mass is 468 g/mol. The van der Waals surface area contributed by atoms with Gasteiger partial charge in [0, 0.05) is 25.2 Å². The number of anilines is 1. The fourth-order valence-corrected chi connectivity index (χ4v) is 4.56. The summed E-state index contributed by atoms with van der Waals surface area (Å²) in [6.45, 7) is 2.55. The van der Waals surface area contributed by atoms with Gasteiger partial charge in [0.1, 0.15) is 0 Å². The molecule has 0 bridgehead atoms. The Morgan fingerprint density at radius 1 is 0.939 bits per heavy atom. The van der Waals surface area contributed by atoms with E-state index in [1.54, 1.807) is 30.3 Å². The first-order valence-electron chi connectivity index (χ1n) is 10.4. The van der Waals surface area contributed by atoms with E-state index >= 15 is 0 Å². The van der Waals surface area contributed by atoms with Gasteiger partial charge in [0.15, 0.2) is 11.5 Å². The maximum absolute atomic E-state index is 13.1. The van der Waals surface area contributed by atoms with E-state index in [4.69, 9.17) is 9.47 Å². The third-order valence-electron chi connectivity index (χ3n) is 5.44. The molecule has 8 heteroatoms. The van der Waals surface area contributed by atoms with Gasteiger partial charge in [-0.2, -0.15) is 0 Å². The summed E-state index contributed by atoms with van der Waals surface area (Å²) in [7, 11) is 0.554. The number of hydrogen-bond acceptors (Lipinski definition) is 5. The van der Waals surface area contributed by atoms with Crippen molar-refractivity contribution in [2.45, 2.75) is 17.7 Å². The van der Waals surface area contributed by atoms with Crippen molar-refractivity contribution in [3.8, 4) is 11.5 Å². The third-order valence-corrected chi connectivity index (χ3v) is 7.23. The first-order chi connectivity index (χ1) is 15.8. The highest BCUT2D eigenvalue weighted by Gasteiger charge is 2.23. The summed E-state index contributed by atoms with van der Waals surface area (Å²) in [6.07, 6.45) is 0. The number of nitrogens with zero attached hydrogens (tertiary/aromatic N) is 1. The van der Waals surface area contributed by atoms with Crippen LogP contribution in [0.4, 0.5) is 5.69 Å². The zero-order valence-corrected chi connectivity index (χ0v) is 19.9. The number of methoxy groups -OCH3 is 2. The molecule has 0 unspecified atom stereocenters. The van der Waals surface area contributed by atoms with Crippen LogP contribution in [0.3, 0.4) is 0 Å². The highest BCUT2D eigenvalue weighted by molar-refractivity contribution is 7.92. The maximum Gasteiger partial charge on any atom is 0.264 e. The first kappa shape index (κ1) is 24.1. The number of rotatable bonds is 9. The van der Waals surface area contributed by atoms with Crippen molar-refractivity contribution in [1.82, 2.24) is 5.32 Å². The van der Waals surface area contributed by atoms with E-state index < -0.39 is 10.0 Å². The minimum Gasteiger partial charge on any atom is -0.493 e. The molecule has 33 heavy (non-hydrogen) atoms. The van der Waals surface area contributed by atoms with Crippen molar-refractivity contribution in [3.63, 3.8) is 0 Å². The molecule has 3 aromatic carbocycles. The Morgan fingerprint density at radius 3 is 2.18 bits per heavy atom.